The second kappa shape index (κ2) is 6.58. The molecule has 1 aromatic carbocycles. The molecule has 0 radical (unpaired) electrons. The second-order valence-corrected chi connectivity index (χ2v) is 8.27. The van der Waals surface area contributed by atoms with Crippen molar-refractivity contribution >= 4 is 23.4 Å². The summed E-state index contributed by atoms with van der Waals surface area (Å²) in [7, 11) is 2.26. The molecule has 2 bridgehead atoms. The molecule has 2 aliphatic rings. The summed E-state index contributed by atoms with van der Waals surface area (Å²) in [5, 5.41) is 8.16. The van der Waals surface area contributed by atoms with E-state index in [9.17, 15) is 0 Å². The van der Waals surface area contributed by atoms with Gasteiger partial charge in [0.15, 0.2) is 6.61 Å². The van der Waals surface area contributed by atoms with Crippen molar-refractivity contribution < 1.29 is 9.15 Å². The molecule has 3 heterocycles. The topological polar surface area (TPSA) is 51.4 Å². The van der Waals surface area contributed by atoms with Crippen LogP contribution in [0.5, 0.6) is 5.75 Å². The molecule has 1 aromatic heterocycles. The first kappa shape index (κ1) is 16.2. The molecule has 2 aromatic rings. The predicted molar refractivity (Wildman–Crippen MR) is 93.3 cm³/mol. The molecule has 2 fully saturated rings. The molecule has 2 atom stereocenters. The van der Waals surface area contributed by atoms with Crippen molar-refractivity contribution in [2.75, 3.05) is 7.05 Å². The smallest absolute Gasteiger partial charge is 0.253 e. The highest BCUT2D eigenvalue weighted by molar-refractivity contribution is 8.00. The minimum atomic E-state index is 0.207. The predicted octanol–water partition coefficient (Wildman–Crippen LogP) is 4.37. The maximum absolute atomic E-state index is 6.52. The number of nitrogens with zero attached hydrogens (tertiary/aromatic N) is 3. The van der Waals surface area contributed by atoms with E-state index in [-0.39, 0.29) is 11.5 Å². The number of benzene rings is 1. The molecule has 2 aliphatic heterocycles. The van der Waals surface area contributed by atoms with Crippen molar-refractivity contribution in [3.05, 3.63) is 35.5 Å². The van der Waals surface area contributed by atoms with Crippen molar-refractivity contribution in [1.29, 1.82) is 0 Å². The van der Waals surface area contributed by atoms with Gasteiger partial charge in [0.25, 0.3) is 5.89 Å². The number of hydrogen-bond acceptors (Lipinski definition) is 6. The lowest BCUT2D eigenvalue weighted by Gasteiger charge is -2.42. The Hall–Kier alpha value is -1.24. The van der Waals surface area contributed by atoms with Crippen LogP contribution in [0.15, 0.2) is 33.9 Å². The molecule has 7 heteroatoms. The molecule has 5 nitrogen and oxygen atoms in total. The van der Waals surface area contributed by atoms with Gasteiger partial charge >= 0.3 is 0 Å². The first-order valence-electron chi connectivity index (χ1n) is 8.26. The molecule has 0 N–H and O–H groups in total. The summed E-state index contributed by atoms with van der Waals surface area (Å²) >= 11 is 8.43. The van der Waals surface area contributed by atoms with Crippen LogP contribution >= 0.6 is 23.4 Å². The van der Waals surface area contributed by atoms with Crippen LogP contribution in [0.1, 0.15) is 38.0 Å². The van der Waals surface area contributed by atoms with Gasteiger partial charge in [0.1, 0.15) is 5.75 Å². The average Bonchev–Trinajstić information content (AvgIpc) is 3.13. The van der Waals surface area contributed by atoms with Gasteiger partial charge in [-0.1, -0.05) is 11.6 Å². The van der Waals surface area contributed by atoms with Crippen LogP contribution in [0.25, 0.3) is 0 Å². The van der Waals surface area contributed by atoms with E-state index in [4.69, 9.17) is 20.8 Å². The number of fused-ring (bicyclic) bond motifs is 2. The van der Waals surface area contributed by atoms with Gasteiger partial charge in [-0.25, -0.2) is 0 Å². The van der Waals surface area contributed by atoms with Crippen LogP contribution in [0.3, 0.4) is 0 Å². The van der Waals surface area contributed by atoms with Crippen LogP contribution in [0, 0.1) is 0 Å². The molecular weight excluding hydrogens is 346 g/mol. The van der Waals surface area contributed by atoms with E-state index in [2.05, 4.69) is 28.2 Å². The highest BCUT2D eigenvalue weighted by atomic mass is 35.5. The lowest BCUT2D eigenvalue weighted by molar-refractivity contribution is 0.154. The monoisotopic (exact) mass is 365 g/mol. The van der Waals surface area contributed by atoms with Crippen molar-refractivity contribution in [2.24, 2.45) is 0 Å². The Morgan fingerprint density at radius 2 is 2.33 bits per heavy atom. The summed E-state index contributed by atoms with van der Waals surface area (Å²) in [6.45, 7) is 0.247. The Labute approximate surface area is 150 Å². The molecule has 2 saturated heterocycles. The molecule has 128 valence electrons. The van der Waals surface area contributed by atoms with E-state index >= 15 is 0 Å². The zero-order valence-electron chi connectivity index (χ0n) is 13.6. The Morgan fingerprint density at radius 1 is 1.42 bits per heavy atom. The number of ether oxygens (including phenoxy) is 1. The van der Waals surface area contributed by atoms with Crippen LogP contribution in [0.4, 0.5) is 0 Å². The normalized spacial score (nSPS) is 26.7. The molecular formula is C17H20ClN3O2S. The largest absolute Gasteiger partial charge is 0.484 e. The van der Waals surface area contributed by atoms with Crippen molar-refractivity contribution in [2.45, 2.75) is 54.5 Å². The van der Waals surface area contributed by atoms with Gasteiger partial charge in [0.2, 0.25) is 6.39 Å². The Balaban J connectivity index is 1.46. The van der Waals surface area contributed by atoms with E-state index in [0.717, 1.165) is 16.0 Å². The van der Waals surface area contributed by atoms with Gasteiger partial charge in [-0.15, -0.1) is 22.0 Å². The Morgan fingerprint density at radius 3 is 3.12 bits per heavy atom. The highest BCUT2D eigenvalue weighted by Gasteiger charge is 2.47. The van der Waals surface area contributed by atoms with Gasteiger partial charge in [-0.05, 0) is 57.4 Å². The molecule has 0 amide bonds. The van der Waals surface area contributed by atoms with Gasteiger partial charge in [0.05, 0.1) is 9.89 Å². The third kappa shape index (κ3) is 3.03. The van der Waals surface area contributed by atoms with Gasteiger partial charge in [-0.3, -0.25) is 4.90 Å². The molecule has 0 spiro atoms. The second-order valence-electron chi connectivity index (χ2n) is 6.46. The number of hydrogen-bond donors (Lipinski definition) is 0. The summed E-state index contributed by atoms with van der Waals surface area (Å²) in [6, 6.07) is 6.62. The van der Waals surface area contributed by atoms with Crippen molar-refractivity contribution in [3.63, 3.8) is 0 Å². The zero-order chi connectivity index (χ0) is 16.6. The number of thioether (sulfide) groups is 1. The number of piperidine rings is 1. The fourth-order valence-corrected chi connectivity index (χ4v) is 5.53. The standard InChI is InChI=1S/C17H20ClN3O2S/c1-21-12-3-2-7-17(21,8-6-12)24-15-5-4-13(9-14(15)18)22-10-16-20-19-11-23-16/h4-5,9,11-12H,2-3,6-8,10H2,1H3. The fourth-order valence-electron chi connectivity index (χ4n) is 3.78. The lowest BCUT2D eigenvalue weighted by Crippen LogP contribution is -2.45. The minimum Gasteiger partial charge on any atom is -0.484 e. The lowest BCUT2D eigenvalue weighted by atomic mass is 10.0. The first-order valence-corrected chi connectivity index (χ1v) is 9.45. The fraction of sp³-hybridized carbons (Fsp3) is 0.529. The molecule has 24 heavy (non-hydrogen) atoms. The van der Waals surface area contributed by atoms with Gasteiger partial charge in [-0.2, -0.15) is 0 Å². The first-order chi connectivity index (χ1) is 11.7. The van der Waals surface area contributed by atoms with Gasteiger partial charge < -0.3 is 9.15 Å². The molecule has 0 saturated carbocycles. The summed E-state index contributed by atoms with van der Waals surface area (Å²) < 4.78 is 10.7. The quantitative estimate of drug-likeness (QED) is 0.784. The van der Waals surface area contributed by atoms with Crippen molar-refractivity contribution in [3.8, 4) is 5.75 Å². The Kier molecular flexibility index (Phi) is 4.45. The Bertz CT molecular complexity index is 708. The summed E-state index contributed by atoms with van der Waals surface area (Å²) in [6.07, 6.45) is 7.70. The third-order valence-corrected chi connectivity index (χ3v) is 7.21. The molecule has 0 aliphatic carbocycles. The SMILES string of the molecule is CN1C2CCCC1(Sc1ccc(OCc3nnco3)cc1Cl)CC2. The van der Waals surface area contributed by atoms with Crippen LogP contribution < -0.4 is 4.74 Å². The van der Waals surface area contributed by atoms with Gasteiger partial charge in [0, 0.05) is 10.9 Å². The van der Waals surface area contributed by atoms with Crippen LogP contribution in [-0.2, 0) is 6.61 Å². The number of aromatic nitrogens is 2. The van der Waals surface area contributed by atoms with E-state index in [1.54, 1.807) is 0 Å². The molecule has 4 rings (SSSR count). The van der Waals surface area contributed by atoms with Crippen molar-refractivity contribution in [1.82, 2.24) is 15.1 Å². The molecule has 2 unspecified atom stereocenters. The number of halogens is 1. The summed E-state index contributed by atoms with van der Waals surface area (Å²) in [5.41, 5.74) is 0. The average molecular weight is 366 g/mol. The van der Waals surface area contributed by atoms with E-state index in [1.807, 2.05) is 23.9 Å². The van der Waals surface area contributed by atoms with E-state index < -0.39 is 0 Å². The van der Waals surface area contributed by atoms with Crippen LogP contribution in [-0.4, -0.2) is 33.1 Å². The maximum Gasteiger partial charge on any atom is 0.253 e. The highest BCUT2D eigenvalue weighted by Crippen LogP contribution is 2.53. The van der Waals surface area contributed by atoms with Crippen LogP contribution in [0.2, 0.25) is 5.02 Å². The van der Waals surface area contributed by atoms with E-state index in [0.29, 0.717) is 11.6 Å². The zero-order valence-corrected chi connectivity index (χ0v) is 15.1. The summed E-state index contributed by atoms with van der Waals surface area (Å²) in [5.74, 6) is 1.16. The number of rotatable bonds is 5. The summed E-state index contributed by atoms with van der Waals surface area (Å²) in [4.78, 5) is 3.90. The maximum atomic E-state index is 6.52. The third-order valence-electron chi connectivity index (χ3n) is 5.13. The minimum absolute atomic E-state index is 0.207. The van der Waals surface area contributed by atoms with E-state index in [1.165, 1.54) is 38.5 Å².